The Labute approximate surface area is 102 Å². The lowest BCUT2D eigenvalue weighted by Gasteiger charge is -2.35. The molecule has 0 atom stereocenters. The number of carbonyl (C=O) groups excluding carboxylic acids is 1. The van der Waals surface area contributed by atoms with Gasteiger partial charge in [0.05, 0.1) is 11.4 Å². The van der Waals surface area contributed by atoms with Gasteiger partial charge in [0.25, 0.3) is 0 Å². The molecule has 1 aromatic rings. The van der Waals surface area contributed by atoms with E-state index in [2.05, 4.69) is 23.3 Å². The van der Waals surface area contributed by atoms with Crippen LogP contribution in [-0.4, -0.2) is 39.6 Å². The molecule has 0 saturated carbocycles. The average molecular weight is 233 g/mol. The maximum Gasteiger partial charge on any atom is 0.228 e. The number of amides is 1. The third-order valence-electron chi connectivity index (χ3n) is 3.13. The summed E-state index contributed by atoms with van der Waals surface area (Å²) in [7, 11) is 3.93. The number of fused-ring (bicyclic) bond motifs is 1. The summed E-state index contributed by atoms with van der Waals surface area (Å²) >= 11 is 0. The highest BCUT2D eigenvalue weighted by Gasteiger charge is 2.23. The Morgan fingerprint density at radius 2 is 2.00 bits per heavy atom. The summed E-state index contributed by atoms with van der Waals surface area (Å²) in [6.45, 7) is 2.39. The Morgan fingerprint density at radius 1 is 1.29 bits per heavy atom. The van der Waals surface area contributed by atoms with E-state index in [1.54, 1.807) is 0 Å². The summed E-state index contributed by atoms with van der Waals surface area (Å²) < 4.78 is 0. The van der Waals surface area contributed by atoms with E-state index in [0.717, 1.165) is 31.0 Å². The van der Waals surface area contributed by atoms with E-state index in [0.29, 0.717) is 6.42 Å². The van der Waals surface area contributed by atoms with Crippen LogP contribution in [0.15, 0.2) is 24.3 Å². The Balaban J connectivity index is 2.21. The lowest BCUT2D eigenvalue weighted by Crippen LogP contribution is -2.43. The molecule has 4 nitrogen and oxygen atoms in total. The molecule has 0 saturated heterocycles. The van der Waals surface area contributed by atoms with Crippen LogP contribution in [0.2, 0.25) is 0 Å². The van der Waals surface area contributed by atoms with Crippen molar-refractivity contribution in [3.8, 4) is 0 Å². The van der Waals surface area contributed by atoms with Crippen molar-refractivity contribution in [2.75, 3.05) is 43.5 Å². The van der Waals surface area contributed by atoms with Crippen molar-refractivity contribution in [3.63, 3.8) is 0 Å². The first kappa shape index (κ1) is 11.9. The molecule has 1 aromatic carbocycles. The average Bonchev–Trinajstić information content (AvgIpc) is 2.37. The highest BCUT2D eigenvalue weighted by atomic mass is 16.2. The van der Waals surface area contributed by atoms with E-state index in [-0.39, 0.29) is 5.91 Å². The number of nitrogens with one attached hydrogen (secondary N) is 1. The van der Waals surface area contributed by atoms with Crippen molar-refractivity contribution in [1.82, 2.24) is 5.32 Å². The summed E-state index contributed by atoms with van der Waals surface area (Å²) in [5.74, 6) is 0.194. The molecule has 0 aromatic heterocycles. The maximum atomic E-state index is 12.1. The van der Waals surface area contributed by atoms with E-state index in [4.69, 9.17) is 0 Å². The van der Waals surface area contributed by atoms with Gasteiger partial charge in [-0.05, 0) is 19.2 Å². The predicted molar refractivity (Wildman–Crippen MR) is 70.6 cm³/mol. The normalized spacial score (nSPS) is 14.7. The Bertz CT molecular complexity index is 405. The van der Waals surface area contributed by atoms with Crippen LogP contribution in [0.3, 0.4) is 0 Å². The fraction of sp³-hybridized carbons (Fsp3) is 0.462. The highest BCUT2D eigenvalue weighted by molar-refractivity contribution is 5.97. The van der Waals surface area contributed by atoms with Crippen molar-refractivity contribution in [3.05, 3.63) is 24.3 Å². The summed E-state index contributed by atoms with van der Waals surface area (Å²) in [6.07, 6.45) is 0.550. The number of hydrogen-bond acceptors (Lipinski definition) is 3. The van der Waals surface area contributed by atoms with E-state index in [1.165, 1.54) is 0 Å². The maximum absolute atomic E-state index is 12.1. The third-order valence-corrected chi connectivity index (χ3v) is 3.13. The first-order valence-electron chi connectivity index (χ1n) is 5.99. The van der Waals surface area contributed by atoms with E-state index < -0.39 is 0 Å². The predicted octanol–water partition coefficient (Wildman–Crippen LogP) is 1.08. The highest BCUT2D eigenvalue weighted by Crippen LogP contribution is 2.31. The summed E-state index contributed by atoms with van der Waals surface area (Å²) in [6, 6.07) is 8.07. The van der Waals surface area contributed by atoms with Gasteiger partial charge in [0, 0.05) is 33.1 Å². The monoisotopic (exact) mass is 233 g/mol. The molecule has 0 bridgehead atoms. The molecular weight excluding hydrogens is 214 g/mol. The van der Waals surface area contributed by atoms with E-state index >= 15 is 0 Å². The van der Waals surface area contributed by atoms with Crippen molar-refractivity contribution >= 4 is 17.3 Å². The fourth-order valence-electron chi connectivity index (χ4n) is 2.13. The minimum Gasteiger partial charge on any atom is -0.371 e. The molecule has 0 unspecified atom stereocenters. The quantitative estimate of drug-likeness (QED) is 0.848. The van der Waals surface area contributed by atoms with E-state index in [1.807, 2.05) is 30.1 Å². The molecule has 0 radical (unpaired) electrons. The van der Waals surface area contributed by atoms with Gasteiger partial charge in [0.15, 0.2) is 0 Å². The second kappa shape index (κ2) is 5.19. The molecule has 1 aliphatic heterocycles. The largest absolute Gasteiger partial charge is 0.371 e. The van der Waals surface area contributed by atoms with Crippen LogP contribution < -0.4 is 15.1 Å². The molecule has 0 fully saturated rings. The first-order chi connectivity index (χ1) is 8.24. The number of anilines is 2. The van der Waals surface area contributed by atoms with Crippen LogP contribution in [0.25, 0.3) is 0 Å². The van der Waals surface area contributed by atoms with Gasteiger partial charge in [-0.25, -0.2) is 0 Å². The van der Waals surface area contributed by atoms with Gasteiger partial charge >= 0.3 is 0 Å². The molecular formula is C13H19N3O. The summed E-state index contributed by atoms with van der Waals surface area (Å²) in [5.41, 5.74) is 2.17. The zero-order valence-corrected chi connectivity index (χ0v) is 10.4. The van der Waals surface area contributed by atoms with Gasteiger partial charge in [-0.3, -0.25) is 4.79 Å². The number of rotatable bonds is 3. The Hall–Kier alpha value is -1.55. The van der Waals surface area contributed by atoms with Gasteiger partial charge < -0.3 is 15.1 Å². The number of nitrogens with zero attached hydrogens (tertiary/aromatic N) is 2. The van der Waals surface area contributed by atoms with Crippen molar-refractivity contribution < 1.29 is 4.79 Å². The molecule has 2 rings (SSSR count). The van der Waals surface area contributed by atoms with Crippen molar-refractivity contribution in [2.45, 2.75) is 6.42 Å². The van der Waals surface area contributed by atoms with Gasteiger partial charge in [-0.2, -0.15) is 0 Å². The van der Waals surface area contributed by atoms with Crippen LogP contribution >= 0.6 is 0 Å². The summed E-state index contributed by atoms with van der Waals surface area (Å²) in [4.78, 5) is 16.2. The molecule has 0 spiro atoms. The van der Waals surface area contributed by atoms with Crippen molar-refractivity contribution in [2.24, 2.45) is 0 Å². The Morgan fingerprint density at radius 3 is 2.71 bits per heavy atom. The van der Waals surface area contributed by atoms with Gasteiger partial charge in [-0.1, -0.05) is 12.1 Å². The smallest absolute Gasteiger partial charge is 0.228 e. The van der Waals surface area contributed by atoms with Crippen LogP contribution in [0.1, 0.15) is 6.42 Å². The topological polar surface area (TPSA) is 35.6 Å². The second-order valence-corrected chi connectivity index (χ2v) is 4.31. The van der Waals surface area contributed by atoms with Gasteiger partial charge in [0.2, 0.25) is 5.91 Å². The SMILES string of the molecule is CNCCC(=O)N1CCN(C)c2ccccc21. The lowest BCUT2D eigenvalue weighted by atomic mass is 10.1. The summed E-state index contributed by atoms with van der Waals surface area (Å²) in [5, 5.41) is 3.01. The number of hydrogen-bond donors (Lipinski definition) is 1. The zero-order valence-electron chi connectivity index (χ0n) is 10.4. The molecule has 1 amide bonds. The van der Waals surface area contributed by atoms with Crippen LogP contribution in [0, 0.1) is 0 Å². The molecule has 1 aliphatic rings. The molecule has 17 heavy (non-hydrogen) atoms. The molecule has 4 heteroatoms. The fourth-order valence-corrected chi connectivity index (χ4v) is 2.13. The number of likely N-dealkylation sites (N-methyl/N-ethyl adjacent to an activating group) is 1. The zero-order chi connectivity index (χ0) is 12.3. The third kappa shape index (κ3) is 2.42. The van der Waals surface area contributed by atoms with Gasteiger partial charge in [0.1, 0.15) is 0 Å². The van der Waals surface area contributed by atoms with E-state index in [9.17, 15) is 4.79 Å². The number of para-hydroxylation sites is 2. The molecule has 1 N–H and O–H groups in total. The first-order valence-corrected chi connectivity index (χ1v) is 5.99. The molecule has 92 valence electrons. The molecule has 1 heterocycles. The lowest BCUT2D eigenvalue weighted by molar-refractivity contribution is -0.118. The standard InChI is InChI=1S/C13H19N3O/c1-14-8-7-13(17)16-10-9-15(2)11-5-3-4-6-12(11)16/h3-6,14H,7-10H2,1-2H3. The minimum absolute atomic E-state index is 0.194. The van der Waals surface area contributed by atoms with Crippen LogP contribution in [-0.2, 0) is 4.79 Å². The van der Waals surface area contributed by atoms with Crippen LogP contribution in [0.5, 0.6) is 0 Å². The number of carbonyl (C=O) groups is 1. The second-order valence-electron chi connectivity index (χ2n) is 4.31. The van der Waals surface area contributed by atoms with Gasteiger partial charge in [-0.15, -0.1) is 0 Å². The van der Waals surface area contributed by atoms with Crippen LogP contribution in [0.4, 0.5) is 11.4 Å². The molecule has 0 aliphatic carbocycles. The van der Waals surface area contributed by atoms with Crippen molar-refractivity contribution in [1.29, 1.82) is 0 Å². The number of benzene rings is 1. The minimum atomic E-state index is 0.194. The Kier molecular flexibility index (Phi) is 3.64.